The van der Waals surface area contributed by atoms with Crippen LogP contribution in [0.25, 0.3) is 0 Å². The maximum atomic E-state index is 12.3. The lowest BCUT2D eigenvalue weighted by Crippen LogP contribution is -2.53. The van der Waals surface area contributed by atoms with Crippen molar-refractivity contribution in [2.45, 2.75) is 32.4 Å². The zero-order valence-corrected chi connectivity index (χ0v) is 17.2. The lowest BCUT2D eigenvalue weighted by atomic mass is 9.95. The standard InChI is InChI=1S/C20H32N4O4/c1-20(2,3)22-17(25)14-24-11-9-23(10-12-24)13-16(19(27)28-4)18(26)15-5-7-21-8-6-15/h5-8,16,18,26H,9-14H2,1-4H3,(H,22,25)/t16-,18+/m1/s1. The number of aliphatic hydroxyl groups excluding tert-OH is 1. The number of piperazine rings is 1. The first-order chi connectivity index (χ1) is 13.2. The molecule has 1 aliphatic rings. The Labute approximate surface area is 166 Å². The Kier molecular flexibility index (Phi) is 7.91. The summed E-state index contributed by atoms with van der Waals surface area (Å²) in [5, 5.41) is 13.6. The van der Waals surface area contributed by atoms with Gasteiger partial charge in [0.1, 0.15) is 0 Å². The molecule has 2 heterocycles. The maximum absolute atomic E-state index is 12.3. The highest BCUT2D eigenvalue weighted by Crippen LogP contribution is 2.24. The van der Waals surface area contributed by atoms with E-state index in [-0.39, 0.29) is 11.4 Å². The van der Waals surface area contributed by atoms with E-state index in [9.17, 15) is 14.7 Å². The predicted octanol–water partition coefficient (Wildman–Crippen LogP) is 0.437. The van der Waals surface area contributed by atoms with E-state index in [2.05, 4.69) is 20.1 Å². The summed E-state index contributed by atoms with van der Waals surface area (Å²) in [6, 6.07) is 3.40. The van der Waals surface area contributed by atoms with Gasteiger partial charge in [-0.05, 0) is 38.5 Å². The van der Waals surface area contributed by atoms with Crippen molar-refractivity contribution in [1.82, 2.24) is 20.1 Å². The molecule has 1 aromatic rings. The molecule has 0 saturated carbocycles. The summed E-state index contributed by atoms with van der Waals surface area (Å²) >= 11 is 0. The minimum Gasteiger partial charge on any atom is -0.469 e. The summed E-state index contributed by atoms with van der Waals surface area (Å²) in [5.74, 6) is -1.10. The van der Waals surface area contributed by atoms with E-state index >= 15 is 0 Å². The van der Waals surface area contributed by atoms with Gasteiger partial charge in [0.15, 0.2) is 0 Å². The highest BCUT2D eigenvalue weighted by atomic mass is 16.5. The molecule has 0 bridgehead atoms. The fraction of sp³-hybridized carbons (Fsp3) is 0.650. The van der Waals surface area contributed by atoms with Crippen molar-refractivity contribution in [3.8, 4) is 0 Å². The van der Waals surface area contributed by atoms with Gasteiger partial charge in [-0.3, -0.25) is 24.4 Å². The number of ether oxygens (including phenoxy) is 1. The SMILES string of the molecule is COC(=O)[C@H](CN1CCN(CC(=O)NC(C)(C)C)CC1)[C@@H](O)c1ccncc1. The molecule has 2 rings (SSSR count). The maximum Gasteiger partial charge on any atom is 0.312 e. The van der Waals surface area contributed by atoms with Crippen molar-refractivity contribution in [3.05, 3.63) is 30.1 Å². The molecular formula is C20H32N4O4. The minimum absolute atomic E-state index is 0.0153. The first-order valence-corrected chi connectivity index (χ1v) is 9.61. The summed E-state index contributed by atoms with van der Waals surface area (Å²) in [6.45, 7) is 9.56. The second-order valence-electron chi connectivity index (χ2n) is 8.23. The largest absolute Gasteiger partial charge is 0.469 e. The molecule has 0 aromatic carbocycles. The Balaban J connectivity index is 1.89. The van der Waals surface area contributed by atoms with Crippen LogP contribution >= 0.6 is 0 Å². The van der Waals surface area contributed by atoms with Gasteiger partial charge in [-0.2, -0.15) is 0 Å². The van der Waals surface area contributed by atoms with Crippen LogP contribution in [0, 0.1) is 5.92 Å². The lowest BCUT2D eigenvalue weighted by Gasteiger charge is -2.36. The van der Waals surface area contributed by atoms with Gasteiger partial charge in [-0.25, -0.2) is 0 Å². The van der Waals surface area contributed by atoms with Crippen LogP contribution in [0.3, 0.4) is 0 Å². The fourth-order valence-electron chi connectivity index (χ4n) is 3.32. The average molecular weight is 393 g/mol. The minimum atomic E-state index is -0.953. The number of carbonyl (C=O) groups excluding carboxylic acids is 2. The first-order valence-electron chi connectivity index (χ1n) is 9.61. The number of esters is 1. The molecule has 0 aliphatic carbocycles. The first kappa shape index (κ1) is 22.3. The Hall–Kier alpha value is -2.03. The zero-order chi connectivity index (χ0) is 20.7. The third-order valence-corrected chi connectivity index (χ3v) is 4.73. The van der Waals surface area contributed by atoms with E-state index in [0.717, 1.165) is 26.2 Å². The molecule has 2 N–H and O–H groups in total. The molecule has 0 radical (unpaired) electrons. The molecule has 2 atom stereocenters. The highest BCUT2D eigenvalue weighted by molar-refractivity contribution is 5.78. The van der Waals surface area contributed by atoms with E-state index in [1.54, 1.807) is 24.5 Å². The summed E-state index contributed by atoms with van der Waals surface area (Å²) in [6.07, 6.45) is 2.23. The second-order valence-corrected chi connectivity index (χ2v) is 8.23. The van der Waals surface area contributed by atoms with Crippen molar-refractivity contribution >= 4 is 11.9 Å². The average Bonchev–Trinajstić information content (AvgIpc) is 2.65. The van der Waals surface area contributed by atoms with Gasteiger partial charge >= 0.3 is 5.97 Å². The third kappa shape index (κ3) is 6.85. The van der Waals surface area contributed by atoms with Gasteiger partial charge in [-0.15, -0.1) is 0 Å². The summed E-state index contributed by atoms with van der Waals surface area (Å²) in [5.41, 5.74) is 0.401. The molecule has 8 heteroatoms. The molecule has 8 nitrogen and oxygen atoms in total. The van der Waals surface area contributed by atoms with Crippen LogP contribution in [0.4, 0.5) is 0 Å². The number of hydrogen-bond acceptors (Lipinski definition) is 7. The molecule has 0 unspecified atom stereocenters. The van der Waals surface area contributed by atoms with Crippen LogP contribution in [-0.4, -0.2) is 83.7 Å². The van der Waals surface area contributed by atoms with Crippen LogP contribution in [-0.2, 0) is 14.3 Å². The molecule has 1 fully saturated rings. The number of nitrogens with one attached hydrogen (secondary N) is 1. The number of methoxy groups -OCH3 is 1. The topological polar surface area (TPSA) is 95.0 Å². The van der Waals surface area contributed by atoms with Crippen molar-refractivity contribution in [2.75, 3.05) is 46.4 Å². The van der Waals surface area contributed by atoms with Gasteiger partial charge < -0.3 is 15.2 Å². The molecule has 1 aliphatic heterocycles. The zero-order valence-electron chi connectivity index (χ0n) is 17.2. The van der Waals surface area contributed by atoms with E-state index < -0.39 is 18.0 Å². The Morgan fingerprint density at radius 1 is 1.18 bits per heavy atom. The molecule has 156 valence electrons. The Morgan fingerprint density at radius 3 is 2.29 bits per heavy atom. The van der Waals surface area contributed by atoms with E-state index in [1.165, 1.54) is 7.11 Å². The predicted molar refractivity (Wildman–Crippen MR) is 105 cm³/mol. The van der Waals surface area contributed by atoms with Crippen molar-refractivity contribution < 1.29 is 19.4 Å². The van der Waals surface area contributed by atoms with Crippen LogP contribution in [0.2, 0.25) is 0 Å². The van der Waals surface area contributed by atoms with Gasteiger partial charge in [0, 0.05) is 50.7 Å². The Morgan fingerprint density at radius 2 is 1.75 bits per heavy atom. The van der Waals surface area contributed by atoms with Crippen LogP contribution in [0.15, 0.2) is 24.5 Å². The third-order valence-electron chi connectivity index (χ3n) is 4.73. The quantitative estimate of drug-likeness (QED) is 0.650. The fourth-order valence-corrected chi connectivity index (χ4v) is 3.32. The summed E-state index contributed by atoms with van der Waals surface area (Å²) in [7, 11) is 1.33. The second kappa shape index (κ2) is 9.95. The smallest absolute Gasteiger partial charge is 0.312 e. The van der Waals surface area contributed by atoms with Crippen molar-refractivity contribution in [1.29, 1.82) is 0 Å². The molecule has 0 spiro atoms. The van der Waals surface area contributed by atoms with E-state index in [4.69, 9.17) is 4.74 Å². The number of rotatable bonds is 7. The summed E-state index contributed by atoms with van der Waals surface area (Å²) < 4.78 is 4.91. The number of nitrogens with zero attached hydrogens (tertiary/aromatic N) is 3. The summed E-state index contributed by atoms with van der Waals surface area (Å²) in [4.78, 5) is 32.5. The lowest BCUT2D eigenvalue weighted by molar-refractivity contribution is -0.151. The van der Waals surface area contributed by atoms with Crippen molar-refractivity contribution in [3.63, 3.8) is 0 Å². The number of carbonyl (C=O) groups is 2. The van der Waals surface area contributed by atoms with Crippen LogP contribution in [0.5, 0.6) is 0 Å². The van der Waals surface area contributed by atoms with Crippen LogP contribution in [0.1, 0.15) is 32.4 Å². The molecular weight excluding hydrogens is 360 g/mol. The van der Waals surface area contributed by atoms with Gasteiger partial charge in [0.05, 0.1) is 25.7 Å². The number of pyridine rings is 1. The van der Waals surface area contributed by atoms with Crippen molar-refractivity contribution in [2.24, 2.45) is 5.92 Å². The monoisotopic (exact) mass is 392 g/mol. The highest BCUT2D eigenvalue weighted by Gasteiger charge is 2.32. The Bertz CT molecular complexity index is 639. The van der Waals surface area contributed by atoms with Gasteiger partial charge in [0.25, 0.3) is 0 Å². The normalized spacial score (nSPS) is 18.3. The van der Waals surface area contributed by atoms with Crippen LogP contribution < -0.4 is 5.32 Å². The molecule has 1 aromatic heterocycles. The van der Waals surface area contributed by atoms with E-state index in [1.807, 2.05) is 20.8 Å². The molecule has 28 heavy (non-hydrogen) atoms. The number of aromatic nitrogens is 1. The number of amides is 1. The number of hydrogen-bond donors (Lipinski definition) is 2. The molecule has 1 saturated heterocycles. The van der Waals surface area contributed by atoms with Gasteiger partial charge in [0.2, 0.25) is 5.91 Å². The van der Waals surface area contributed by atoms with E-state index in [0.29, 0.717) is 18.7 Å². The van der Waals surface area contributed by atoms with Gasteiger partial charge in [-0.1, -0.05) is 0 Å². The number of aliphatic hydroxyl groups is 1. The molecule has 1 amide bonds.